The van der Waals surface area contributed by atoms with Crippen molar-refractivity contribution in [3.63, 3.8) is 0 Å². The van der Waals surface area contributed by atoms with E-state index in [4.69, 9.17) is 5.73 Å². The third-order valence-electron chi connectivity index (χ3n) is 3.87. The highest BCUT2D eigenvalue weighted by atomic mass is 15.1. The molecule has 0 fully saturated rings. The van der Waals surface area contributed by atoms with Gasteiger partial charge in [-0.15, -0.1) is 0 Å². The van der Waals surface area contributed by atoms with Crippen LogP contribution in [-0.2, 0) is 6.42 Å². The van der Waals surface area contributed by atoms with Crippen molar-refractivity contribution in [1.29, 1.82) is 0 Å². The van der Waals surface area contributed by atoms with Crippen molar-refractivity contribution in [2.75, 3.05) is 17.6 Å². The van der Waals surface area contributed by atoms with Gasteiger partial charge in [-0.1, -0.05) is 56.7 Å². The van der Waals surface area contributed by atoms with Gasteiger partial charge in [0.15, 0.2) is 0 Å². The largest absolute Gasteiger partial charge is 0.370 e. The van der Waals surface area contributed by atoms with Gasteiger partial charge in [0.05, 0.1) is 0 Å². The standard InChI is InChI=1S/C19H26N4/c1-4-6-7-11-21-18-17(14(3)22-19(20)23-18)13-16-10-8-9-15(5-2)12-16/h5,8-10,12H,2,4,6-7,11,13H2,1,3H3,(H3,20,21,22,23). The number of benzene rings is 1. The molecule has 0 saturated carbocycles. The van der Waals surface area contributed by atoms with Gasteiger partial charge in [-0.25, -0.2) is 4.98 Å². The molecular weight excluding hydrogens is 284 g/mol. The van der Waals surface area contributed by atoms with Crippen molar-refractivity contribution < 1.29 is 0 Å². The zero-order valence-corrected chi connectivity index (χ0v) is 14.1. The molecular formula is C19H26N4. The van der Waals surface area contributed by atoms with Crippen molar-refractivity contribution in [3.8, 4) is 0 Å². The number of hydrogen-bond acceptors (Lipinski definition) is 4. The fourth-order valence-electron chi connectivity index (χ4n) is 2.59. The topological polar surface area (TPSA) is 63.8 Å². The molecule has 0 bridgehead atoms. The lowest BCUT2D eigenvalue weighted by atomic mass is 10.0. The van der Waals surface area contributed by atoms with E-state index in [0.717, 1.165) is 42.0 Å². The van der Waals surface area contributed by atoms with Crippen LogP contribution in [0.3, 0.4) is 0 Å². The Morgan fingerprint density at radius 1 is 1.26 bits per heavy atom. The van der Waals surface area contributed by atoms with Gasteiger partial charge < -0.3 is 11.1 Å². The molecule has 4 heteroatoms. The van der Waals surface area contributed by atoms with Gasteiger partial charge in [0.2, 0.25) is 5.95 Å². The van der Waals surface area contributed by atoms with Gasteiger partial charge in [-0.05, 0) is 24.5 Å². The predicted molar refractivity (Wildman–Crippen MR) is 98.5 cm³/mol. The third kappa shape index (κ3) is 4.81. The number of nitrogens with zero attached hydrogens (tertiary/aromatic N) is 2. The van der Waals surface area contributed by atoms with Crippen LogP contribution in [0.5, 0.6) is 0 Å². The highest BCUT2D eigenvalue weighted by Gasteiger charge is 2.11. The van der Waals surface area contributed by atoms with Gasteiger partial charge in [0.1, 0.15) is 5.82 Å². The SMILES string of the molecule is C=Cc1cccc(Cc2c(C)nc(N)nc2NCCCCC)c1. The van der Waals surface area contributed by atoms with Crippen LogP contribution in [-0.4, -0.2) is 16.5 Å². The Bertz CT molecular complexity index is 664. The van der Waals surface area contributed by atoms with Crippen LogP contribution in [0.4, 0.5) is 11.8 Å². The van der Waals surface area contributed by atoms with E-state index in [1.165, 1.54) is 18.4 Å². The molecule has 122 valence electrons. The maximum atomic E-state index is 5.82. The highest BCUT2D eigenvalue weighted by molar-refractivity contribution is 5.53. The Balaban J connectivity index is 2.23. The summed E-state index contributed by atoms with van der Waals surface area (Å²) in [5.41, 5.74) is 10.2. The first-order chi connectivity index (χ1) is 11.1. The molecule has 1 aromatic carbocycles. The average Bonchev–Trinajstić information content (AvgIpc) is 2.54. The van der Waals surface area contributed by atoms with Crippen molar-refractivity contribution in [2.24, 2.45) is 0 Å². The van der Waals surface area contributed by atoms with E-state index in [1.807, 2.05) is 25.1 Å². The molecule has 0 spiro atoms. The van der Waals surface area contributed by atoms with Gasteiger partial charge in [-0.3, -0.25) is 0 Å². The number of aryl methyl sites for hydroxylation is 1. The van der Waals surface area contributed by atoms with E-state index in [1.54, 1.807) is 0 Å². The van der Waals surface area contributed by atoms with E-state index in [2.05, 4.69) is 40.9 Å². The Morgan fingerprint density at radius 2 is 2.09 bits per heavy atom. The fourth-order valence-corrected chi connectivity index (χ4v) is 2.59. The molecule has 23 heavy (non-hydrogen) atoms. The Labute approximate surface area is 138 Å². The predicted octanol–water partition coefficient (Wildman–Crippen LogP) is 4.20. The summed E-state index contributed by atoms with van der Waals surface area (Å²) in [5.74, 6) is 1.18. The highest BCUT2D eigenvalue weighted by Crippen LogP contribution is 2.22. The first-order valence-corrected chi connectivity index (χ1v) is 8.22. The van der Waals surface area contributed by atoms with Gasteiger partial charge in [0.25, 0.3) is 0 Å². The summed E-state index contributed by atoms with van der Waals surface area (Å²) in [6, 6.07) is 8.36. The summed E-state index contributed by atoms with van der Waals surface area (Å²) < 4.78 is 0. The molecule has 0 atom stereocenters. The minimum Gasteiger partial charge on any atom is -0.370 e. The van der Waals surface area contributed by atoms with Crippen molar-refractivity contribution in [3.05, 3.63) is 53.2 Å². The first-order valence-electron chi connectivity index (χ1n) is 8.22. The third-order valence-corrected chi connectivity index (χ3v) is 3.87. The minimum atomic E-state index is 0.323. The monoisotopic (exact) mass is 310 g/mol. The molecule has 0 amide bonds. The zero-order valence-electron chi connectivity index (χ0n) is 14.1. The quantitative estimate of drug-likeness (QED) is 0.717. The first kappa shape index (κ1) is 17.0. The summed E-state index contributed by atoms with van der Waals surface area (Å²) in [5, 5.41) is 3.43. The smallest absolute Gasteiger partial charge is 0.222 e. The van der Waals surface area contributed by atoms with Crippen LogP contribution in [0.1, 0.15) is 48.6 Å². The summed E-state index contributed by atoms with van der Waals surface area (Å²) in [6.45, 7) is 8.92. The van der Waals surface area contributed by atoms with Crippen LogP contribution >= 0.6 is 0 Å². The molecule has 0 aliphatic rings. The maximum absolute atomic E-state index is 5.82. The minimum absolute atomic E-state index is 0.323. The number of anilines is 2. The van der Waals surface area contributed by atoms with Gasteiger partial charge in [0, 0.05) is 24.2 Å². The van der Waals surface area contributed by atoms with Gasteiger partial charge >= 0.3 is 0 Å². The lowest BCUT2D eigenvalue weighted by molar-refractivity contribution is 0.741. The Hall–Kier alpha value is -2.36. The van der Waals surface area contributed by atoms with E-state index in [-0.39, 0.29) is 0 Å². The number of hydrogen-bond donors (Lipinski definition) is 2. The average molecular weight is 310 g/mol. The second kappa shape index (κ2) is 8.32. The molecule has 0 unspecified atom stereocenters. The Morgan fingerprint density at radius 3 is 2.83 bits per heavy atom. The molecule has 1 aromatic heterocycles. The van der Waals surface area contributed by atoms with E-state index in [0.29, 0.717) is 5.95 Å². The van der Waals surface area contributed by atoms with Crippen LogP contribution in [0.15, 0.2) is 30.8 Å². The molecule has 2 aromatic rings. The summed E-state index contributed by atoms with van der Waals surface area (Å²) in [6.07, 6.45) is 6.19. The molecule has 0 saturated heterocycles. The number of unbranched alkanes of at least 4 members (excludes halogenated alkanes) is 2. The second-order valence-electron chi connectivity index (χ2n) is 5.75. The number of nitrogen functional groups attached to an aromatic ring is 1. The zero-order chi connectivity index (χ0) is 16.7. The maximum Gasteiger partial charge on any atom is 0.222 e. The van der Waals surface area contributed by atoms with Gasteiger partial charge in [-0.2, -0.15) is 4.98 Å². The molecule has 0 radical (unpaired) electrons. The molecule has 4 nitrogen and oxygen atoms in total. The van der Waals surface area contributed by atoms with Crippen LogP contribution < -0.4 is 11.1 Å². The Kier molecular flexibility index (Phi) is 6.15. The lowest BCUT2D eigenvalue weighted by Crippen LogP contribution is -2.11. The summed E-state index contributed by atoms with van der Waals surface area (Å²) in [4.78, 5) is 8.73. The van der Waals surface area contributed by atoms with Crippen LogP contribution in [0, 0.1) is 6.92 Å². The number of nitrogens with one attached hydrogen (secondary N) is 1. The lowest BCUT2D eigenvalue weighted by Gasteiger charge is -2.14. The number of nitrogens with two attached hydrogens (primary N) is 1. The summed E-state index contributed by atoms with van der Waals surface area (Å²) >= 11 is 0. The normalized spacial score (nSPS) is 10.5. The van der Waals surface area contributed by atoms with Crippen molar-refractivity contribution in [1.82, 2.24) is 9.97 Å². The molecule has 2 rings (SSSR count). The van der Waals surface area contributed by atoms with E-state index in [9.17, 15) is 0 Å². The molecule has 3 N–H and O–H groups in total. The van der Waals surface area contributed by atoms with Crippen LogP contribution in [0.2, 0.25) is 0 Å². The summed E-state index contributed by atoms with van der Waals surface area (Å²) in [7, 11) is 0. The second-order valence-corrected chi connectivity index (χ2v) is 5.75. The molecule has 0 aliphatic heterocycles. The van der Waals surface area contributed by atoms with E-state index < -0.39 is 0 Å². The van der Waals surface area contributed by atoms with Crippen molar-refractivity contribution >= 4 is 17.8 Å². The number of aromatic nitrogens is 2. The molecule has 1 heterocycles. The number of rotatable bonds is 8. The fraction of sp³-hybridized carbons (Fsp3) is 0.368. The van der Waals surface area contributed by atoms with E-state index >= 15 is 0 Å². The van der Waals surface area contributed by atoms with Crippen LogP contribution in [0.25, 0.3) is 6.08 Å². The van der Waals surface area contributed by atoms with Crippen molar-refractivity contribution in [2.45, 2.75) is 39.5 Å². The molecule has 0 aliphatic carbocycles.